The molecule has 0 aliphatic carbocycles. The van der Waals surface area contributed by atoms with E-state index >= 15 is 0 Å². The minimum absolute atomic E-state index is 0.127. The molecule has 1 saturated heterocycles. The number of rotatable bonds is 5. The van der Waals surface area contributed by atoms with Gasteiger partial charge in [-0.05, 0) is 37.1 Å². The fourth-order valence-corrected chi connectivity index (χ4v) is 3.39. The highest BCUT2D eigenvalue weighted by molar-refractivity contribution is 5.27. The first-order chi connectivity index (χ1) is 10.8. The molecule has 2 aromatic rings. The monoisotopic (exact) mass is 295 g/mol. The molecule has 22 heavy (non-hydrogen) atoms. The molecule has 1 aliphatic heterocycles. The van der Waals surface area contributed by atoms with Gasteiger partial charge in [-0.3, -0.25) is 0 Å². The molecule has 2 unspecified atom stereocenters. The van der Waals surface area contributed by atoms with Gasteiger partial charge in [0.2, 0.25) is 0 Å². The highest BCUT2D eigenvalue weighted by atomic mass is 16.3. The lowest BCUT2D eigenvalue weighted by Gasteiger charge is -2.33. The van der Waals surface area contributed by atoms with E-state index in [-0.39, 0.29) is 5.92 Å². The topological polar surface area (TPSA) is 23.5 Å². The third-order valence-corrected chi connectivity index (χ3v) is 4.65. The first-order valence-electron chi connectivity index (χ1n) is 8.35. The van der Waals surface area contributed by atoms with Crippen LogP contribution in [0.15, 0.2) is 60.7 Å². The van der Waals surface area contributed by atoms with Crippen LogP contribution in [0.5, 0.6) is 0 Å². The number of hydrogen-bond donors (Lipinski definition) is 1. The molecule has 1 fully saturated rings. The second-order valence-corrected chi connectivity index (χ2v) is 6.23. The summed E-state index contributed by atoms with van der Waals surface area (Å²) >= 11 is 0. The van der Waals surface area contributed by atoms with E-state index in [0.717, 1.165) is 25.2 Å². The Hall–Kier alpha value is -1.64. The van der Waals surface area contributed by atoms with Crippen molar-refractivity contribution < 1.29 is 5.11 Å². The van der Waals surface area contributed by atoms with Crippen molar-refractivity contribution in [2.45, 2.75) is 31.3 Å². The molecule has 1 heterocycles. The van der Waals surface area contributed by atoms with Gasteiger partial charge in [-0.25, -0.2) is 0 Å². The first kappa shape index (κ1) is 15.3. The van der Waals surface area contributed by atoms with Crippen LogP contribution in [0.3, 0.4) is 0 Å². The van der Waals surface area contributed by atoms with Crippen LogP contribution in [0.4, 0.5) is 0 Å². The molecule has 116 valence electrons. The molecule has 0 bridgehead atoms. The van der Waals surface area contributed by atoms with Gasteiger partial charge in [-0.2, -0.15) is 0 Å². The van der Waals surface area contributed by atoms with Gasteiger partial charge < -0.3 is 10.0 Å². The van der Waals surface area contributed by atoms with Crippen LogP contribution in [0.1, 0.15) is 42.4 Å². The highest BCUT2D eigenvalue weighted by Gasteiger charge is 2.25. The molecular weight excluding hydrogens is 270 g/mol. The maximum Gasteiger partial charge on any atom is 0.0870 e. The van der Waals surface area contributed by atoms with Crippen molar-refractivity contribution >= 4 is 0 Å². The van der Waals surface area contributed by atoms with Gasteiger partial charge in [-0.1, -0.05) is 67.1 Å². The van der Waals surface area contributed by atoms with E-state index < -0.39 is 6.10 Å². The fraction of sp³-hybridized carbons (Fsp3) is 0.400. The van der Waals surface area contributed by atoms with Gasteiger partial charge in [0, 0.05) is 12.5 Å². The van der Waals surface area contributed by atoms with Crippen LogP contribution in [0, 0.1) is 0 Å². The largest absolute Gasteiger partial charge is 0.388 e. The number of hydrogen-bond acceptors (Lipinski definition) is 2. The third-order valence-electron chi connectivity index (χ3n) is 4.65. The molecule has 1 N–H and O–H groups in total. The average molecular weight is 295 g/mol. The summed E-state index contributed by atoms with van der Waals surface area (Å²) in [5, 5.41) is 10.9. The Morgan fingerprint density at radius 3 is 1.91 bits per heavy atom. The quantitative estimate of drug-likeness (QED) is 0.901. The molecule has 3 rings (SSSR count). The standard InChI is InChI=1S/C20H25NO/c22-20(18-12-6-2-7-13-18)19(17-10-4-1-5-11-17)16-21-14-8-3-9-15-21/h1-2,4-7,10-13,19-20,22H,3,8-9,14-16H2. The van der Waals surface area contributed by atoms with Crippen LogP contribution in [0.2, 0.25) is 0 Å². The third kappa shape index (κ3) is 3.76. The van der Waals surface area contributed by atoms with Gasteiger partial charge in [0.1, 0.15) is 0 Å². The summed E-state index contributed by atoms with van der Waals surface area (Å²) in [7, 11) is 0. The van der Waals surface area contributed by atoms with E-state index in [1.54, 1.807) is 0 Å². The van der Waals surface area contributed by atoms with Gasteiger partial charge in [0.05, 0.1) is 6.10 Å². The Bertz CT molecular complexity index is 548. The molecular formula is C20H25NO. The first-order valence-corrected chi connectivity index (χ1v) is 8.35. The Morgan fingerprint density at radius 2 is 1.32 bits per heavy atom. The molecule has 2 nitrogen and oxygen atoms in total. The van der Waals surface area contributed by atoms with Crippen molar-refractivity contribution in [3.8, 4) is 0 Å². The molecule has 0 radical (unpaired) electrons. The number of piperidine rings is 1. The second-order valence-electron chi connectivity index (χ2n) is 6.23. The molecule has 2 aromatic carbocycles. The SMILES string of the molecule is OC(c1ccccc1)C(CN1CCCCC1)c1ccccc1. The zero-order valence-corrected chi connectivity index (χ0v) is 13.1. The number of nitrogens with zero attached hydrogens (tertiary/aromatic N) is 1. The Morgan fingerprint density at radius 1 is 0.773 bits per heavy atom. The molecule has 2 heteroatoms. The predicted octanol–water partition coefficient (Wildman–Crippen LogP) is 3.99. The second kappa shape index (κ2) is 7.57. The summed E-state index contributed by atoms with van der Waals surface area (Å²) in [6.07, 6.45) is 3.45. The number of aliphatic hydroxyl groups is 1. The zero-order chi connectivity index (χ0) is 15.2. The van der Waals surface area contributed by atoms with Crippen LogP contribution < -0.4 is 0 Å². The predicted molar refractivity (Wildman–Crippen MR) is 90.9 cm³/mol. The van der Waals surface area contributed by atoms with Crippen molar-refractivity contribution in [3.05, 3.63) is 71.8 Å². The van der Waals surface area contributed by atoms with Crippen molar-refractivity contribution in [1.82, 2.24) is 4.90 Å². The molecule has 0 aromatic heterocycles. The van der Waals surface area contributed by atoms with Crippen molar-refractivity contribution in [3.63, 3.8) is 0 Å². The van der Waals surface area contributed by atoms with E-state index in [1.165, 1.54) is 24.8 Å². The van der Waals surface area contributed by atoms with E-state index in [9.17, 15) is 5.11 Å². The molecule has 2 atom stereocenters. The molecule has 0 amide bonds. The number of likely N-dealkylation sites (tertiary alicyclic amines) is 1. The summed E-state index contributed by atoms with van der Waals surface area (Å²) in [5.41, 5.74) is 2.23. The summed E-state index contributed by atoms with van der Waals surface area (Å²) in [6.45, 7) is 3.25. The summed E-state index contributed by atoms with van der Waals surface area (Å²) in [5.74, 6) is 0.127. The van der Waals surface area contributed by atoms with Crippen molar-refractivity contribution in [2.75, 3.05) is 19.6 Å². The Kier molecular flexibility index (Phi) is 5.25. The normalized spacial score (nSPS) is 18.8. The Labute approximate surface area is 133 Å². The maximum absolute atomic E-state index is 10.9. The van der Waals surface area contributed by atoms with Crippen LogP contribution in [-0.4, -0.2) is 29.6 Å². The lowest BCUT2D eigenvalue weighted by atomic mass is 9.88. The van der Waals surface area contributed by atoms with E-state index in [1.807, 2.05) is 36.4 Å². The highest BCUT2D eigenvalue weighted by Crippen LogP contribution is 2.32. The molecule has 0 saturated carbocycles. The molecule has 0 spiro atoms. The fourth-order valence-electron chi connectivity index (χ4n) is 3.39. The van der Waals surface area contributed by atoms with Crippen LogP contribution >= 0.6 is 0 Å². The van der Waals surface area contributed by atoms with Gasteiger partial charge in [-0.15, -0.1) is 0 Å². The van der Waals surface area contributed by atoms with E-state index in [0.29, 0.717) is 0 Å². The van der Waals surface area contributed by atoms with Gasteiger partial charge in [0.15, 0.2) is 0 Å². The molecule has 1 aliphatic rings. The number of benzene rings is 2. The van der Waals surface area contributed by atoms with Gasteiger partial charge >= 0.3 is 0 Å². The minimum Gasteiger partial charge on any atom is -0.388 e. The summed E-state index contributed by atoms with van der Waals surface area (Å²) < 4.78 is 0. The van der Waals surface area contributed by atoms with E-state index in [4.69, 9.17) is 0 Å². The smallest absolute Gasteiger partial charge is 0.0870 e. The van der Waals surface area contributed by atoms with Gasteiger partial charge in [0.25, 0.3) is 0 Å². The van der Waals surface area contributed by atoms with Crippen molar-refractivity contribution in [1.29, 1.82) is 0 Å². The summed E-state index contributed by atoms with van der Waals surface area (Å²) in [6, 6.07) is 20.5. The van der Waals surface area contributed by atoms with Crippen molar-refractivity contribution in [2.24, 2.45) is 0 Å². The Balaban J connectivity index is 1.82. The minimum atomic E-state index is -0.453. The van der Waals surface area contributed by atoms with E-state index in [2.05, 4.69) is 29.2 Å². The summed E-state index contributed by atoms with van der Waals surface area (Å²) in [4.78, 5) is 2.51. The lowest BCUT2D eigenvalue weighted by molar-refractivity contribution is 0.109. The van der Waals surface area contributed by atoms with Crippen LogP contribution in [-0.2, 0) is 0 Å². The zero-order valence-electron chi connectivity index (χ0n) is 13.1. The number of aliphatic hydroxyl groups excluding tert-OH is 1. The van der Waals surface area contributed by atoms with Crippen LogP contribution in [0.25, 0.3) is 0 Å². The maximum atomic E-state index is 10.9. The average Bonchev–Trinajstić information content (AvgIpc) is 2.61. The lowest BCUT2D eigenvalue weighted by Crippen LogP contribution is -2.35.